The smallest absolute Gasteiger partial charge is 0.309 e. The van der Waals surface area contributed by atoms with Gasteiger partial charge in [-0.3, -0.25) is 9.69 Å². The highest BCUT2D eigenvalue weighted by Gasteiger charge is 2.19. The fourth-order valence-corrected chi connectivity index (χ4v) is 3.60. The van der Waals surface area contributed by atoms with Crippen LogP contribution in [0.2, 0.25) is 0 Å². The highest BCUT2D eigenvalue weighted by atomic mass is 32.1. The Labute approximate surface area is 124 Å². The maximum absolute atomic E-state index is 11.0. The zero-order valence-corrected chi connectivity index (χ0v) is 13.1. The van der Waals surface area contributed by atoms with Crippen molar-refractivity contribution in [1.82, 2.24) is 14.8 Å². The van der Waals surface area contributed by atoms with E-state index in [2.05, 4.69) is 28.8 Å². The van der Waals surface area contributed by atoms with Crippen LogP contribution in [0.25, 0.3) is 0 Å². The summed E-state index contributed by atoms with van der Waals surface area (Å²) < 4.78 is 0. The van der Waals surface area contributed by atoms with Crippen molar-refractivity contribution in [2.45, 2.75) is 32.7 Å². The van der Waals surface area contributed by atoms with Gasteiger partial charge in [0.1, 0.15) is 0 Å². The number of carboxylic acids is 1. The number of carbonyl (C=O) groups is 1. The summed E-state index contributed by atoms with van der Waals surface area (Å²) in [6, 6.07) is 0. The number of aliphatic carboxylic acids is 1. The number of aryl methyl sites for hydroxylation is 1. The molecular formula is C14H23N3O2S. The van der Waals surface area contributed by atoms with Crippen molar-refractivity contribution in [3.63, 3.8) is 0 Å². The van der Waals surface area contributed by atoms with Gasteiger partial charge in [0.25, 0.3) is 0 Å². The molecule has 0 aromatic carbocycles. The molecule has 0 amide bonds. The van der Waals surface area contributed by atoms with Crippen LogP contribution in [-0.4, -0.2) is 59.1 Å². The number of hydrogen-bond acceptors (Lipinski definition) is 5. The Balaban J connectivity index is 2.06. The predicted molar refractivity (Wildman–Crippen MR) is 80.2 cm³/mol. The largest absolute Gasteiger partial charge is 0.481 e. The van der Waals surface area contributed by atoms with E-state index in [1.807, 2.05) is 0 Å². The summed E-state index contributed by atoms with van der Waals surface area (Å²) in [4.78, 5) is 21.3. The molecule has 20 heavy (non-hydrogen) atoms. The quantitative estimate of drug-likeness (QED) is 0.862. The lowest BCUT2D eigenvalue weighted by molar-refractivity contribution is -0.136. The second kappa shape index (κ2) is 7.15. The molecule has 1 N–H and O–H groups in total. The normalized spacial score (nSPS) is 17.5. The number of piperazine rings is 1. The van der Waals surface area contributed by atoms with Crippen LogP contribution in [0.1, 0.15) is 28.9 Å². The summed E-state index contributed by atoms with van der Waals surface area (Å²) in [5, 5.41) is 10.1. The second-order valence-corrected chi connectivity index (χ2v) is 6.55. The molecule has 1 aromatic rings. The lowest BCUT2D eigenvalue weighted by Gasteiger charge is -2.32. The fourth-order valence-electron chi connectivity index (χ4n) is 2.37. The minimum Gasteiger partial charge on any atom is -0.481 e. The molecule has 112 valence electrons. The van der Waals surface area contributed by atoms with Crippen LogP contribution < -0.4 is 0 Å². The van der Waals surface area contributed by atoms with Gasteiger partial charge in [-0.25, -0.2) is 4.98 Å². The van der Waals surface area contributed by atoms with Gasteiger partial charge in [0.05, 0.1) is 17.1 Å². The van der Waals surface area contributed by atoms with Gasteiger partial charge in [-0.05, 0) is 19.9 Å². The van der Waals surface area contributed by atoms with E-state index in [1.165, 1.54) is 0 Å². The number of carboxylic acid groups (broad SMARTS) is 1. The van der Waals surface area contributed by atoms with Gasteiger partial charge >= 0.3 is 5.97 Å². The van der Waals surface area contributed by atoms with Gasteiger partial charge < -0.3 is 10.0 Å². The lowest BCUT2D eigenvalue weighted by Crippen LogP contribution is -2.43. The van der Waals surface area contributed by atoms with Gasteiger partial charge in [-0.15, -0.1) is 11.3 Å². The van der Waals surface area contributed by atoms with Crippen molar-refractivity contribution in [1.29, 1.82) is 0 Å². The van der Waals surface area contributed by atoms with Crippen LogP contribution in [0.3, 0.4) is 0 Å². The molecule has 0 saturated carbocycles. The molecule has 1 fully saturated rings. The lowest BCUT2D eigenvalue weighted by atomic mass is 10.2. The monoisotopic (exact) mass is 297 g/mol. The molecule has 0 aliphatic carbocycles. The minimum atomic E-state index is -0.794. The molecule has 5 nitrogen and oxygen atoms in total. The van der Waals surface area contributed by atoms with Crippen LogP contribution in [0.4, 0.5) is 0 Å². The molecule has 1 aliphatic heterocycles. The molecule has 6 heteroatoms. The van der Waals surface area contributed by atoms with Crippen molar-refractivity contribution in [3.8, 4) is 0 Å². The average molecular weight is 297 g/mol. The summed E-state index contributed by atoms with van der Waals surface area (Å²) in [5.74, 6) is -0.794. The molecular weight excluding hydrogens is 274 g/mol. The molecule has 0 radical (unpaired) electrons. The first-order valence-electron chi connectivity index (χ1n) is 7.18. The van der Waals surface area contributed by atoms with Gasteiger partial charge in [-0.2, -0.15) is 0 Å². The number of hydrogen-bond donors (Lipinski definition) is 1. The van der Waals surface area contributed by atoms with Crippen LogP contribution >= 0.6 is 11.3 Å². The molecule has 1 aromatic heterocycles. The maximum Gasteiger partial charge on any atom is 0.309 e. The second-order valence-electron chi connectivity index (χ2n) is 5.38. The summed E-state index contributed by atoms with van der Waals surface area (Å²) in [6.45, 7) is 7.22. The van der Waals surface area contributed by atoms with E-state index in [9.17, 15) is 4.79 Å². The van der Waals surface area contributed by atoms with Gasteiger partial charge in [-0.1, -0.05) is 6.92 Å². The fraction of sp³-hybridized carbons (Fsp3) is 0.714. The van der Waals surface area contributed by atoms with Crippen LogP contribution in [0.5, 0.6) is 0 Å². The van der Waals surface area contributed by atoms with Gasteiger partial charge in [0, 0.05) is 37.6 Å². The Morgan fingerprint density at radius 3 is 2.65 bits per heavy atom. The van der Waals surface area contributed by atoms with Crippen LogP contribution in [0.15, 0.2) is 0 Å². The SMILES string of the molecule is CCCc1nc(CC(=O)O)c(CN2CCN(C)CC2)s1. The number of rotatable bonds is 6. The standard InChI is InChI=1S/C14H23N3O2S/c1-3-4-13-15-11(9-14(18)19)12(20-13)10-17-7-5-16(2)6-8-17/h3-10H2,1-2H3,(H,18,19). The Bertz CT molecular complexity index is 453. The zero-order chi connectivity index (χ0) is 14.5. The first-order chi connectivity index (χ1) is 9.58. The van der Waals surface area contributed by atoms with Crippen LogP contribution in [0, 0.1) is 0 Å². The maximum atomic E-state index is 11.0. The summed E-state index contributed by atoms with van der Waals surface area (Å²) in [5.41, 5.74) is 0.768. The van der Waals surface area contributed by atoms with Gasteiger partial charge in [0.2, 0.25) is 0 Å². The molecule has 1 aliphatic rings. The topological polar surface area (TPSA) is 56.7 Å². The summed E-state index contributed by atoms with van der Waals surface area (Å²) in [6.07, 6.45) is 2.04. The van der Waals surface area contributed by atoms with E-state index >= 15 is 0 Å². The highest BCUT2D eigenvalue weighted by Crippen LogP contribution is 2.23. The highest BCUT2D eigenvalue weighted by molar-refractivity contribution is 7.11. The third-order valence-electron chi connectivity index (χ3n) is 3.57. The number of likely N-dealkylation sites (N-methyl/N-ethyl adjacent to an activating group) is 1. The first-order valence-corrected chi connectivity index (χ1v) is 8.00. The van der Waals surface area contributed by atoms with E-state index in [4.69, 9.17) is 5.11 Å². The van der Waals surface area contributed by atoms with Crippen molar-refractivity contribution < 1.29 is 9.90 Å². The molecule has 0 spiro atoms. The van der Waals surface area contributed by atoms with E-state index in [0.29, 0.717) is 0 Å². The summed E-state index contributed by atoms with van der Waals surface area (Å²) >= 11 is 1.69. The van der Waals surface area contributed by atoms with Crippen molar-refractivity contribution in [3.05, 3.63) is 15.6 Å². The first kappa shape index (κ1) is 15.4. The number of aromatic nitrogens is 1. The van der Waals surface area contributed by atoms with Crippen molar-refractivity contribution in [2.75, 3.05) is 33.2 Å². The van der Waals surface area contributed by atoms with E-state index in [1.54, 1.807) is 11.3 Å². The molecule has 1 saturated heterocycles. The average Bonchev–Trinajstić information content (AvgIpc) is 2.74. The molecule has 0 bridgehead atoms. The minimum absolute atomic E-state index is 0.0449. The molecule has 2 heterocycles. The van der Waals surface area contributed by atoms with E-state index < -0.39 is 5.97 Å². The summed E-state index contributed by atoms with van der Waals surface area (Å²) in [7, 11) is 2.14. The van der Waals surface area contributed by atoms with Crippen LogP contribution in [-0.2, 0) is 24.2 Å². The number of nitrogens with zero attached hydrogens (tertiary/aromatic N) is 3. The van der Waals surface area contributed by atoms with E-state index in [-0.39, 0.29) is 6.42 Å². The molecule has 0 unspecified atom stereocenters. The number of thiazole rings is 1. The zero-order valence-electron chi connectivity index (χ0n) is 12.3. The Hall–Kier alpha value is -0.980. The van der Waals surface area contributed by atoms with E-state index in [0.717, 1.165) is 61.1 Å². The Morgan fingerprint density at radius 2 is 2.05 bits per heavy atom. The molecule has 0 atom stereocenters. The predicted octanol–water partition coefficient (Wildman–Crippen LogP) is 1.47. The third-order valence-corrected chi connectivity index (χ3v) is 4.71. The third kappa shape index (κ3) is 4.26. The Morgan fingerprint density at radius 1 is 1.35 bits per heavy atom. The van der Waals surface area contributed by atoms with Crippen molar-refractivity contribution in [2.24, 2.45) is 0 Å². The molecule has 2 rings (SSSR count). The van der Waals surface area contributed by atoms with Gasteiger partial charge in [0.15, 0.2) is 0 Å². The van der Waals surface area contributed by atoms with Crippen molar-refractivity contribution >= 4 is 17.3 Å². The Kier molecular flexibility index (Phi) is 5.51.